The number of hydrogen-bond donors (Lipinski definition) is 1. The fourth-order valence-corrected chi connectivity index (χ4v) is 3.18. The summed E-state index contributed by atoms with van der Waals surface area (Å²) >= 11 is 1.31. The van der Waals surface area contributed by atoms with Gasteiger partial charge in [0.2, 0.25) is 0 Å². The van der Waals surface area contributed by atoms with E-state index < -0.39 is 0 Å². The lowest BCUT2D eigenvalue weighted by atomic mass is 10.1. The second-order valence-corrected chi connectivity index (χ2v) is 5.97. The Morgan fingerprint density at radius 3 is 2.73 bits per heavy atom. The van der Waals surface area contributed by atoms with Crippen molar-refractivity contribution in [1.29, 1.82) is 0 Å². The maximum atomic E-state index is 13.5. The van der Waals surface area contributed by atoms with Crippen LogP contribution in [-0.4, -0.2) is 12.5 Å². The van der Waals surface area contributed by atoms with Crippen LogP contribution < -0.4 is 5.32 Å². The molecule has 2 nitrogen and oxygen atoms in total. The van der Waals surface area contributed by atoms with E-state index in [0.717, 1.165) is 4.70 Å². The summed E-state index contributed by atoms with van der Waals surface area (Å²) in [5, 5.41) is 3.47. The standard InChI is InChI=1S/C17H13F2NOS/c18-13-5-6-15-12(9-13)10-16(22-15)17(21)20-8-7-11-3-1-2-4-14(11)19/h1-6,9-10H,7-8H2,(H,20,21). The van der Waals surface area contributed by atoms with Crippen molar-refractivity contribution in [3.63, 3.8) is 0 Å². The number of carbonyl (C=O) groups excluding carboxylic acids is 1. The summed E-state index contributed by atoms with van der Waals surface area (Å²) in [7, 11) is 0. The number of nitrogens with one attached hydrogen (secondary N) is 1. The Balaban J connectivity index is 1.65. The van der Waals surface area contributed by atoms with E-state index in [-0.39, 0.29) is 17.5 Å². The topological polar surface area (TPSA) is 29.1 Å². The average molecular weight is 317 g/mol. The van der Waals surface area contributed by atoms with Crippen LogP contribution in [0.25, 0.3) is 10.1 Å². The van der Waals surface area contributed by atoms with Crippen LogP contribution in [0.4, 0.5) is 8.78 Å². The molecule has 5 heteroatoms. The number of carbonyl (C=O) groups is 1. The summed E-state index contributed by atoms with van der Waals surface area (Å²) < 4.78 is 27.5. The monoisotopic (exact) mass is 317 g/mol. The molecule has 0 unspecified atom stereocenters. The molecular weight excluding hydrogens is 304 g/mol. The second kappa shape index (κ2) is 6.23. The van der Waals surface area contributed by atoms with Gasteiger partial charge >= 0.3 is 0 Å². The van der Waals surface area contributed by atoms with Gasteiger partial charge in [0.05, 0.1) is 4.88 Å². The van der Waals surface area contributed by atoms with Crippen molar-refractivity contribution in [1.82, 2.24) is 5.32 Å². The van der Waals surface area contributed by atoms with E-state index in [2.05, 4.69) is 5.32 Å². The van der Waals surface area contributed by atoms with Crippen LogP contribution in [0.2, 0.25) is 0 Å². The van der Waals surface area contributed by atoms with Gasteiger partial charge in [-0.25, -0.2) is 8.78 Å². The van der Waals surface area contributed by atoms with Gasteiger partial charge in [-0.2, -0.15) is 0 Å². The molecule has 0 aliphatic carbocycles. The molecule has 22 heavy (non-hydrogen) atoms. The molecule has 1 amide bonds. The Morgan fingerprint density at radius 2 is 1.91 bits per heavy atom. The van der Waals surface area contributed by atoms with Crippen molar-refractivity contribution in [2.75, 3.05) is 6.54 Å². The molecule has 1 heterocycles. The van der Waals surface area contributed by atoms with Gasteiger partial charge in [0.1, 0.15) is 11.6 Å². The highest BCUT2D eigenvalue weighted by molar-refractivity contribution is 7.20. The predicted octanol–water partition coefficient (Wildman–Crippen LogP) is 4.15. The minimum atomic E-state index is -0.322. The number of halogens is 2. The maximum Gasteiger partial charge on any atom is 0.261 e. The molecule has 3 aromatic rings. The molecule has 1 N–H and O–H groups in total. The highest BCUT2D eigenvalue weighted by Crippen LogP contribution is 2.26. The zero-order chi connectivity index (χ0) is 15.5. The molecule has 112 valence electrons. The number of hydrogen-bond acceptors (Lipinski definition) is 2. The van der Waals surface area contributed by atoms with Gasteiger partial charge in [0, 0.05) is 11.2 Å². The second-order valence-electron chi connectivity index (χ2n) is 4.89. The summed E-state index contributed by atoms with van der Waals surface area (Å²) in [5.74, 6) is -0.816. The molecular formula is C17H13F2NOS. The van der Waals surface area contributed by atoms with Gasteiger partial charge in [-0.3, -0.25) is 4.79 Å². The molecule has 0 saturated heterocycles. The molecule has 0 saturated carbocycles. The van der Waals surface area contributed by atoms with E-state index in [0.29, 0.717) is 28.8 Å². The van der Waals surface area contributed by atoms with Crippen molar-refractivity contribution in [3.8, 4) is 0 Å². The number of rotatable bonds is 4. The van der Waals surface area contributed by atoms with Crippen molar-refractivity contribution >= 4 is 27.3 Å². The first-order chi connectivity index (χ1) is 10.6. The predicted molar refractivity (Wildman–Crippen MR) is 84.2 cm³/mol. The van der Waals surface area contributed by atoms with Crippen LogP contribution in [0.15, 0.2) is 48.5 Å². The molecule has 0 bridgehead atoms. The molecule has 0 aliphatic heterocycles. The Hall–Kier alpha value is -2.27. The van der Waals surface area contributed by atoms with Gasteiger partial charge < -0.3 is 5.32 Å². The average Bonchev–Trinajstić information content (AvgIpc) is 2.92. The lowest BCUT2D eigenvalue weighted by Crippen LogP contribution is -2.25. The summed E-state index contributed by atoms with van der Waals surface area (Å²) in [6.45, 7) is 0.350. The minimum Gasteiger partial charge on any atom is -0.351 e. The molecule has 1 aromatic heterocycles. The third-order valence-corrected chi connectivity index (χ3v) is 4.45. The van der Waals surface area contributed by atoms with Crippen molar-refractivity contribution < 1.29 is 13.6 Å². The number of fused-ring (bicyclic) bond motifs is 1. The van der Waals surface area contributed by atoms with Crippen LogP contribution in [0.5, 0.6) is 0 Å². The first-order valence-corrected chi connectivity index (χ1v) is 7.66. The van der Waals surface area contributed by atoms with Gasteiger partial charge in [0.15, 0.2) is 0 Å². The highest BCUT2D eigenvalue weighted by Gasteiger charge is 2.10. The molecule has 0 aliphatic rings. The quantitative estimate of drug-likeness (QED) is 0.769. The highest BCUT2D eigenvalue weighted by atomic mass is 32.1. The number of benzene rings is 2. The van der Waals surface area contributed by atoms with Crippen LogP contribution in [-0.2, 0) is 6.42 Å². The fraction of sp³-hybridized carbons (Fsp3) is 0.118. The van der Waals surface area contributed by atoms with Crippen molar-refractivity contribution in [3.05, 3.63) is 70.6 Å². The van der Waals surface area contributed by atoms with Crippen LogP contribution in [0, 0.1) is 11.6 Å². The van der Waals surface area contributed by atoms with Crippen molar-refractivity contribution in [2.24, 2.45) is 0 Å². The lowest BCUT2D eigenvalue weighted by molar-refractivity contribution is 0.0958. The smallest absolute Gasteiger partial charge is 0.261 e. The Labute approximate surface area is 130 Å². The molecule has 3 rings (SSSR count). The summed E-state index contributed by atoms with van der Waals surface area (Å²) in [6, 6.07) is 12.6. The van der Waals surface area contributed by atoms with E-state index in [1.807, 2.05) is 0 Å². The van der Waals surface area contributed by atoms with Crippen LogP contribution in [0.1, 0.15) is 15.2 Å². The Morgan fingerprint density at radius 1 is 1.09 bits per heavy atom. The first kappa shape index (κ1) is 14.7. The zero-order valence-corrected chi connectivity index (χ0v) is 12.4. The summed E-state index contributed by atoms with van der Waals surface area (Å²) in [5.41, 5.74) is 0.571. The fourth-order valence-electron chi connectivity index (χ4n) is 2.23. The molecule has 2 aromatic carbocycles. The van der Waals surface area contributed by atoms with Gasteiger partial charge in [-0.05, 0) is 47.7 Å². The molecule has 0 atom stereocenters. The molecule has 0 fully saturated rings. The SMILES string of the molecule is O=C(NCCc1ccccc1F)c1cc2cc(F)ccc2s1. The number of amides is 1. The Bertz CT molecular complexity index is 828. The first-order valence-electron chi connectivity index (χ1n) is 6.84. The third-order valence-electron chi connectivity index (χ3n) is 3.34. The van der Waals surface area contributed by atoms with E-state index in [9.17, 15) is 13.6 Å². The van der Waals surface area contributed by atoms with E-state index in [1.54, 1.807) is 30.3 Å². The summed E-state index contributed by atoms with van der Waals surface area (Å²) in [4.78, 5) is 12.6. The van der Waals surface area contributed by atoms with E-state index >= 15 is 0 Å². The van der Waals surface area contributed by atoms with Crippen LogP contribution in [0.3, 0.4) is 0 Å². The zero-order valence-electron chi connectivity index (χ0n) is 11.6. The summed E-state index contributed by atoms with van der Waals surface area (Å²) in [6.07, 6.45) is 0.429. The van der Waals surface area contributed by atoms with Crippen molar-refractivity contribution in [2.45, 2.75) is 6.42 Å². The van der Waals surface area contributed by atoms with Gasteiger partial charge in [0.25, 0.3) is 5.91 Å². The molecule has 0 radical (unpaired) electrons. The normalized spacial score (nSPS) is 10.8. The van der Waals surface area contributed by atoms with E-state index in [4.69, 9.17) is 0 Å². The third kappa shape index (κ3) is 3.14. The molecule has 0 spiro atoms. The Kier molecular flexibility index (Phi) is 4.15. The maximum absolute atomic E-state index is 13.5. The van der Waals surface area contributed by atoms with Crippen LogP contribution >= 0.6 is 11.3 Å². The van der Waals surface area contributed by atoms with Gasteiger partial charge in [-0.1, -0.05) is 18.2 Å². The minimum absolute atomic E-state index is 0.224. The number of thiophene rings is 1. The van der Waals surface area contributed by atoms with Gasteiger partial charge in [-0.15, -0.1) is 11.3 Å². The lowest BCUT2D eigenvalue weighted by Gasteiger charge is -2.04. The van der Waals surface area contributed by atoms with E-state index in [1.165, 1.54) is 29.5 Å². The largest absolute Gasteiger partial charge is 0.351 e.